The monoisotopic (exact) mass is 369 g/mol. The molecule has 0 radical (unpaired) electrons. The van der Waals surface area contributed by atoms with E-state index in [0.717, 1.165) is 30.7 Å². The van der Waals surface area contributed by atoms with Crippen LogP contribution in [0.3, 0.4) is 0 Å². The highest BCUT2D eigenvalue weighted by atomic mass is 16.3. The van der Waals surface area contributed by atoms with Gasteiger partial charge in [0.2, 0.25) is 5.91 Å². The van der Waals surface area contributed by atoms with Crippen LogP contribution in [-0.4, -0.2) is 40.9 Å². The molecule has 0 aliphatic carbocycles. The molecule has 1 fully saturated rings. The summed E-state index contributed by atoms with van der Waals surface area (Å²) in [5, 5.41) is 3.00. The third kappa shape index (κ3) is 4.90. The van der Waals surface area contributed by atoms with Crippen LogP contribution in [0.5, 0.6) is 0 Å². The number of carbonyl (C=O) groups is 2. The number of hydrogen-bond acceptors (Lipinski definition) is 3. The first-order valence-electron chi connectivity index (χ1n) is 9.51. The second-order valence-electron chi connectivity index (χ2n) is 6.93. The molecule has 1 aromatic heterocycles. The Morgan fingerprint density at radius 2 is 1.89 bits per heavy atom. The largest absolute Gasteiger partial charge is 0.467 e. The average molecular weight is 369 g/mol. The fourth-order valence-corrected chi connectivity index (χ4v) is 3.45. The second kappa shape index (κ2) is 8.75. The third-order valence-corrected chi connectivity index (χ3v) is 5.13. The minimum atomic E-state index is -0.142. The zero-order chi connectivity index (χ0) is 19.2. The lowest BCUT2D eigenvalue weighted by Gasteiger charge is -2.38. The number of nitrogens with zero attached hydrogens (tertiary/aromatic N) is 2. The van der Waals surface area contributed by atoms with Crippen molar-refractivity contribution >= 4 is 17.6 Å². The zero-order valence-electron chi connectivity index (χ0n) is 16.0. The fraction of sp³-hybridized carbons (Fsp3) is 0.429. The number of carbonyl (C=O) groups excluding carboxylic acids is 2. The summed E-state index contributed by atoms with van der Waals surface area (Å²) in [7, 11) is 0. The topological polar surface area (TPSA) is 65.8 Å². The Labute approximate surface area is 160 Å². The summed E-state index contributed by atoms with van der Waals surface area (Å²) >= 11 is 0. The lowest BCUT2D eigenvalue weighted by atomic mass is 10.0. The number of anilines is 1. The van der Waals surface area contributed by atoms with Crippen molar-refractivity contribution in [3.8, 4) is 0 Å². The van der Waals surface area contributed by atoms with Crippen molar-refractivity contribution in [2.24, 2.45) is 0 Å². The van der Waals surface area contributed by atoms with Crippen LogP contribution in [0.1, 0.15) is 38.0 Å². The number of urea groups is 1. The maximum absolute atomic E-state index is 13.0. The summed E-state index contributed by atoms with van der Waals surface area (Å²) in [5.41, 5.74) is 2.01. The lowest BCUT2D eigenvalue weighted by molar-refractivity contribution is -0.130. The van der Waals surface area contributed by atoms with Crippen molar-refractivity contribution in [1.82, 2.24) is 9.80 Å². The maximum Gasteiger partial charge on any atom is 0.322 e. The van der Waals surface area contributed by atoms with Gasteiger partial charge < -0.3 is 19.5 Å². The van der Waals surface area contributed by atoms with Gasteiger partial charge in [0.05, 0.1) is 12.8 Å². The number of piperidine rings is 1. The molecule has 144 valence electrons. The fourth-order valence-electron chi connectivity index (χ4n) is 3.45. The Morgan fingerprint density at radius 1 is 1.19 bits per heavy atom. The van der Waals surface area contributed by atoms with E-state index in [-0.39, 0.29) is 18.0 Å². The quantitative estimate of drug-likeness (QED) is 0.870. The molecule has 27 heavy (non-hydrogen) atoms. The van der Waals surface area contributed by atoms with E-state index in [9.17, 15) is 9.59 Å². The molecule has 0 saturated carbocycles. The highest BCUT2D eigenvalue weighted by Gasteiger charge is 2.29. The normalized spacial score (nSPS) is 14.8. The van der Waals surface area contributed by atoms with Gasteiger partial charge in [-0.15, -0.1) is 0 Å². The molecule has 3 rings (SSSR count). The summed E-state index contributed by atoms with van der Waals surface area (Å²) in [6.07, 6.45) is 4.12. The van der Waals surface area contributed by atoms with Crippen LogP contribution >= 0.6 is 0 Å². The van der Waals surface area contributed by atoms with E-state index < -0.39 is 0 Å². The molecule has 0 unspecified atom stereocenters. The average Bonchev–Trinajstić information content (AvgIpc) is 3.20. The number of amides is 3. The molecule has 1 aromatic carbocycles. The van der Waals surface area contributed by atoms with Crippen LogP contribution in [0.25, 0.3) is 0 Å². The number of furan rings is 1. The molecule has 0 spiro atoms. The predicted molar refractivity (Wildman–Crippen MR) is 104 cm³/mol. The van der Waals surface area contributed by atoms with Crippen molar-refractivity contribution < 1.29 is 14.0 Å². The molecule has 2 aromatic rings. The van der Waals surface area contributed by atoms with Gasteiger partial charge in [-0.3, -0.25) is 4.79 Å². The van der Waals surface area contributed by atoms with Crippen molar-refractivity contribution in [2.75, 3.05) is 18.4 Å². The Balaban J connectivity index is 1.70. The molecule has 1 saturated heterocycles. The van der Waals surface area contributed by atoms with Crippen LogP contribution in [0, 0.1) is 0 Å². The highest BCUT2D eigenvalue weighted by molar-refractivity contribution is 5.89. The predicted octanol–water partition coefficient (Wildman–Crippen LogP) is 3.89. The molecule has 1 aliphatic rings. The summed E-state index contributed by atoms with van der Waals surface area (Å²) in [6.45, 7) is 5.45. The molecule has 0 atom stereocenters. The van der Waals surface area contributed by atoms with Gasteiger partial charge in [0.15, 0.2) is 0 Å². The summed E-state index contributed by atoms with van der Waals surface area (Å²) in [4.78, 5) is 28.2. The standard InChI is InChI=1S/C21H27N3O3/c1-3-17-6-8-18(9-7-17)22-21(26)24(15-20-5-4-14-27-20)19-10-12-23(13-11-19)16(2)25/h4-9,14,19H,3,10-13,15H2,1-2H3,(H,22,26). The molecular formula is C21H27N3O3. The van der Waals surface area contributed by atoms with Gasteiger partial charge in [-0.2, -0.15) is 0 Å². The highest BCUT2D eigenvalue weighted by Crippen LogP contribution is 2.21. The molecular weight excluding hydrogens is 342 g/mol. The van der Waals surface area contributed by atoms with E-state index in [2.05, 4.69) is 12.2 Å². The molecule has 6 heteroatoms. The minimum Gasteiger partial charge on any atom is -0.467 e. The number of hydrogen-bond donors (Lipinski definition) is 1. The van der Waals surface area contributed by atoms with E-state index in [1.54, 1.807) is 13.2 Å². The molecule has 2 heterocycles. The smallest absolute Gasteiger partial charge is 0.322 e. The zero-order valence-corrected chi connectivity index (χ0v) is 16.0. The van der Waals surface area contributed by atoms with Gasteiger partial charge in [0.25, 0.3) is 0 Å². The Kier molecular flexibility index (Phi) is 6.16. The van der Waals surface area contributed by atoms with E-state index in [4.69, 9.17) is 4.42 Å². The minimum absolute atomic E-state index is 0.0700. The van der Waals surface area contributed by atoms with Crippen molar-refractivity contribution in [3.63, 3.8) is 0 Å². The molecule has 3 amide bonds. The first-order chi connectivity index (χ1) is 13.1. The first kappa shape index (κ1) is 19.0. The van der Waals surface area contributed by atoms with Crippen molar-refractivity contribution in [1.29, 1.82) is 0 Å². The molecule has 1 aliphatic heterocycles. The summed E-state index contributed by atoms with van der Waals surface area (Å²) < 4.78 is 5.46. The van der Waals surface area contributed by atoms with Gasteiger partial charge >= 0.3 is 6.03 Å². The SMILES string of the molecule is CCc1ccc(NC(=O)N(Cc2ccco2)C2CCN(C(C)=O)CC2)cc1. The number of aryl methyl sites for hydroxylation is 1. The summed E-state index contributed by atoms with van der Waals surface area (Å²) in [6, 6.07) is 11.5. The van der Waals surface area contributed by atoms with E-state index >= 15 is 0 Å². The van der Waals surface area contributed by atoms with Crippen molar-refractivity contribution in [3.05, 3.63) is 54.0 Å². The van der Waals surface area contributed by atoms with Gasteiger partial charge in [-0.25, -0.2) is 4.79 Å². The maximum atomic E-state index is 13.0. The van der Waals surface area contributed by atoms with E-state index in [1.807, 2.05) is 46.2 Å². The van der Waals surface area contributed by atoms with Crippen LogP contribution < -0.4 is 5.32 Å². The molecule has 1 N–H and O–H groups in total. The summed E-state index contributed by atoms with van der Waals surface area (Å²) in [5.74, 6) is 0.840. The molecule has 0 bridgehead atoms. The van der Waals surface area contributed by atoms with Gasteiger partial charge in [0, 0.05) is 31.7 Å². The van der Waals surface area contributed by atoms with E-state index in [0.29, 0.717) is 19.6 Å². The Hall–Kier alpha value is -2.76. The van der Waals surface area contributed by atoms with Crippen LogP contribution in [-0.2, 0) is 17.8 Å². The number of benzene rings is 1. The first-order valence-corrected chi connectivity index (χ1v) is 9.51. The number of likely N-dealkylation sites (tertiary alicyclic amines) is 1. The number of nitrogens with one attached hydrogen (secondary N) is 1. The Morgan fingerprint density at radius 3 is 2.44 bits per heavy atom. The lowest BCUT2D eigenvalue weighted by Crippen LogP contribution is -2.49. The molecule has 6 nitrogen and oxygen atoms in total. The van der Waals surface area contributed by atoms with Crippen molar-refractivity contribution in [2.45, 2.75) is 45.7 Å². The Bertz CT molecular complexity index is 747. The van der Waals surface area contributed by atoms with Crippen LogP contribution in [0.2, 0.25) is 0 Å². The van der Waals surface area contributed by atoms with Crippen LogP contribution in [0.4, 0.5) is 10.5 Å². The number of rotatable bonds is 5. The second-order valence-corrected chi connectivity index (χ2v) is 6.93. The van der Waals surface area contributed by atoms with E-state index in [1.165, 1.54) is 5.56 Å². The van der Waals surface area contributed by atoms with Gasteiger partial charge in [0.1, 0.15) is 5.76 Å². The third-order valence-electron chi connectivity index (χ3n) is 5.13. The van der Waals surface area contributed by atoms with Gasteiger partial charge in [-0.05, 0) is 49.1 Å². The van der Waals surface area contributed by atoms with Crippen LogP contribution in [0.15, 0.2) is 47.1 Å². The van der Waals surface area contributed by atoms with Gasteiger partial charge in [-0.1, -0.05) is 19.1 Å².